The molecule has 0 N–H and O–H groups in total. The maximum absolute atomic E-state index is 12.6. The Kier molecular flexibility index (Phi) is 3.77. The number of hydrogen-bond acceptors (Lipinski definition) is 0. The molecule has 0 fully saturated rings. The molecule has 0 aliphatic rings. The van der Waals surface area contributed by atoms with Crippen LogP contribution in [0.2, 0.25) is 0 Å². The standard InChI is InChI=1S/C6F11/c7-1-2(8)3(9,10)4(11,5(12,13)14)6(15,16)17. The van der Waals surface area contributed by atoms with E-state index in [-0.39, 0.29) is 0 Å². The van der Waals surface area contributed by atoms with Gasteiger partial charge >= 0.3 is 23.9 Å². The third-order valence-electron chi connectivity index (χ3n) is 1.57. The Hall–Kier alpha value is -1.03. The van der Waals surface area contributed by atoms with E-state index in [4.69, 9.17) is 0 Å². The van der Waals surface area contributed by atoms with E-state index < -0.39 is 36.1 Å². The van der Waals surface area contributed by atoms with Gasteiger partial charge in [-0.15, -0.1) is 0 Å². The zero-order chi connectivity index (χ0) is 14.3. The van der Waals surface area contributed by atoms with Gasteiger partial charge in [-0.25, -0.2) is 13.2 Å². The van der Waals surface area contributed by atoms with E-state index in [1.54, 1.807) is 0 Å². The van der Waals surface area contributed by atoms with Gasteiger partial charge in [0.15, 0.2) is 6.33 Å². The fourth-order valence-corrected chi connectivity index (χ4v) is 0.727. The molecule has 1 radical (unpaired) electrons. The lowest BCUT2D eigenvalue weighted by Gasteiger charge is -2.34. The van der Waals surface area contributed by atoms with E-state index in [1.165, 1.54) is 0 Å². The van der Waals surface area contributed by atoms with E-state index in [9.17, 15) is 48.3 Å². The van der Waals surface area contributed by atoms with Crippen molar-refractivity contribution in [1.82, 2.24) is 0 Å². The van der Waals surface area contributed by atoms with Crippen LogP contribution in [0, 0.1) is 6.33 Å². The second-order valence-electron chi connectivity index (χ2n) is 2.64. The van der Waals surface area contributed by atoms with E-state index in [1.807, 2.05) is 0 Å². The van der Waals surface area contributed by atoms with Gasteiger partial charge in [-0.05, 0) is 0 Å². The van der Waals surface area contributed by atoms with E-state index in [0.717, 1.165) is 0 Å². The summed E-state index contributed by atoms with van der Waals surface area (Å²) in [5.41, 5.74) is -7.25. The Labute approximate surface area is 85.7 Å². The lowest BCUT2D eigenvalue weighted by atomic mass is 9.95. The van der Waals surface area contributed by atoms with E-state index >= 15 is 0 Å². The number of allylic oxidation sites excluding steroid dienone is 1. The number of hydrogen-bond donors (Lipinski definition) is 0. The van der Waals surface area contributed by atoms with Crippen molar-refractivity contribution < 1.29 is 48.3 Å². The summed E-state index contributed by atoms with van der Waals surface area (Å²) in [6.45, 7) is 0. The summed E-state index contributed by atoms with van der Waals surface area (Å²) >= 11 is 0. The van der Waals surface area contributed by atoms with Crippen LogP contribution in [0.15, 0.2) is 5.83 Å². The highest BCUT2D eigenvalue weighted by molar-refractivity contribution is 5.16. The smallest absolute Gasteiger partial charge is 0.216 e. The molecule has 0 aliphatic heterocycles. The predicted octanol–water partition coefficient (Wildman–Crippen LogP) is 4.04. The van der Waals surface area contributed by atoms with Crippen LogP contribution in [-0.2, 0) is 0 Å². The van der Waals surface area contributed by atoms with Crippen molar-refractivity contribution in [3.8, 4) is 0 Å². The molecule has 0 saturated carbocycles. The van der Waals surface area contributed by atoms with Crippen molar-refractivity contribution in [2.24, 2.45) is 0 Å². The van der Waals surface area contributed by atoms with Gasteiger partial charge in [-0.2, -0.15) is 35.1 Å². The summed E-state index contributed by atoms with van der Waals surface area (Å²) in [5.74, 6) is -10.8. The molecule has 11 heteroatoms. The maximum Gasteiger partial charge on any atom is 0.438 e. The SMILES string of the molecule is F/[C]=C(\F)C(F)(F)C(F)(C(F)(F)F)C(F)(F)F. The number of alkyl halides is 9. The summed E-state index contributed by atoms with van der Waals surface area (Å²) in [5, 5.41) is 0. The molecule has 0 aromatic rings. The van der Waals surface area contributed by atoms with Crippen LogP contribution in [0.5, 0.6) is 0 Å². The molecule has 0 aromatic carbocycles. The van der Waals surface area contributed by atoms with Gasteiger partial charge < -0.3 is 0 Å². The topological polar surface area (TPSA) is 0 Å². The molecule has 0 amide bonds. The Morgan fingerprint density at radius 1 is 0.706 bits per heavy atom. The molecular weight excluding hydrogens is 281 g/mol. The molecule has 0 nitrogen and oxygen atoms in total. The lowest BCUT2D eigenvalue weighted by molar-refractivity contribution is -0.391. The van der Waals surface area contributed by atoms with Crippen molar-refractivity contribution in [2.75, 3.05) is 0 Å². The van der Waals surface area contributed by atoms with Crippen molar-refractivity contribution in [3.05, 3.63) is 12.2 Å². The Bertz CT molecular complexity index is 291. The first-order valence-corrected chi connectivity index (χ1v) is 3.33. The number of rotatable bonds is 2. The van der Waals surface area contributed by atoms with Gasteiger partial charge in [-0.1, -0.05) is 0 Å². The fourth-order valence-electron chi connectivity index (χ4n) is 0.727. The first-order valence-electron chi connectivity index (χ1n) is 3.33. The number of halogens is 11. The summed E-state index contributed by atoms with van der Waals surface area (Å²) in [6.07, 6.45) is -15.2. The molecule has 0 spiro atoms. The summed E-state index contributed by atoms with van der Waals surface area (Å²) in [6, 6.07) is 0. The molecule has 0 atom stereocenters. The highest BCUT2D eigenvalue weighted by Gasteiger charge is 2.85. The van der Waals surface area contributed by atoms with Crippen molar-refractivity contribution in [3.63, 3.8) is 0 Å². The second kappa shape index (κ2) is 4.02. The molecule has 0 rings (SSSR count). The van der Waals surface area contributed by atoms with Gasteiger partial charge in [0.25, 0.3) is 0 Å². The largest absolute Gasteiger partial charge is 0.438 e. The van der Waals surface area contributed by atoms with Crippen LogP contribution in [0.4, 0.5) is 48.3 Å². The van der Waals surface area contributed by atoms with Gasteiger partial charge in [0.05, 0.1) is 0 Å². The zero-order valence-electron chi connectivity index (χ0n) is 7.16. The van der Waals surface area contributed by atoms with Crippen LogP contribution >= 0.6 is 0 Å². The molecule has 0 unspecified atom stereocenters. The monoisotopic (exact) mass is 281 g/mol. The zero-order valence-corrected chi connectivity index (χ0v) is 7.16. The average molecular weight is 281 g/mol. The lowest BCUT2D eigenvalue weighted by Crippen LogP contribution is -2.64. The Morgan fingerprint density at radius 2 is 1.00 bits per heavy atom. The molecule has 0 aromatic heterocycles. The Balaban J connectivity index is 6.02. The van der Waals surface area contributed by atoms with Crippen LogP contribution in [-0.4, -0.2) is 23.9 Å². The maximum atomic E-state index is 12.6. The van der Waals surface area contributed by atoms with Gasteiger partial charge in [0, 0.05) is 0 Å². The van der Waals surface area contributed by atoms with Crippen LogP contribution in [0.3, 0.4) is 0 Å². The predicted molar refractivity (Wildman–Crippen MR) is 29.9 cm³/mol. The highest BCUT2D eigenvalue weighted by Crippen LogP contribution is 2.56. The molecular formula is C6F11. The van der Waals surface area contributed by atoms with Crippen molar-refractivity contribution >= 4 is 0 Å². The average Bonchev–Trinajstić information content (AvgIpc) is 2.11. The van der Waals surface area contributed by atoms with Crippen LogP contribution in [0.1, 0.15) is 0 Å². The molecule has 101 valence electrons. The molecule has 0 aliphatic carbocycles. The van der Waals surface area contributed by atoms with E-state index in [0.29, 0.717) is 0 Å². The third-order valence-corrected chi connectivity index (χ3v) is 1.57. The summed E-state index contributed by atoms with van der Waals surface area (Å²) < 4.78 is 130. The van der Waals surface area contributed by atoms with Gasteiger partial charge in [0.2, 0.25) is 5.83 Å². The first kappa shape index (κ1) is 16.0. The Morgan fingerprint density at radius 3 is 1.18 bits per heavy atom. The second-order valence-corrected chi connectivity index (χ2v) is 2.64. The minimum atomic E-state index is -7.25. The first-order chi connectivity index (χ1) is 7.23. The van der Waals surface area contributed by atoms with Crippen LogP contribution < -0.4 is 0 Å². The minimum absolute atomic E-state index is 0.785. The van der Waals surface area contributed by atoms with Crippen molar-refractivity contribution in [2.45, 2.75) is 23.9 Å². The minimum Gasteiger partial charge on any atom is -0.216 e. The fraction of sp³-hybridized carbons (Fsp3) is 0.667. The molecule has 17 heavy (non-hydrogen) atoms. The summed E-state index contributed by atoms with van der Waals surface area (Å²) in [7, 11) is 0. The highest BCUT2D eigenvalue weighted by atomic mass is 19.4. The van der Waals surface area contributed by atoms with Crippen molar-refractivity contribution in [1.29, 1.82) is 0 Å². The third kappa shape index (κ3) is 2.18. The normalized spacial score (nSPS) is 16.3. The molecule has 0 heterocycles. The van der Waals surface area contributed by atoms with Crippen LogP contribution in [0.25, 0.3) is 0 Å². The quantitative estimate of drug-likeness (QED) is 0.670. The summed E-state index contributed by atoms with van der Waals surface area (Å²) in [4.78, 5) is 0. The van der Waals surface area contributed by atoms with Gasteiger partial charge in [-0.3, -0.25) is 0 Å². The van der Waals surface area contributed by atoms with E-state index in [2.05, 4.69) is 0 Å². The van der Waals surface area contributed by atoms with Gasteiger partial charge in [0.1, 0.15) is 0 Å². The molecule has 0 bridgehead atoms. The molecule has 0 saturated heterocycles.